The average molecular weight is 234 g/mol. The van der Waals surface area contributed by atoms with Gasteiger partial charge in [-0.25, -0.2) is 9.97 Å². The zero-order chi connectivity index (χ0) is 12.1. The van der Waals surface area contributed by atoms with Crippen LogP contribution in [0.15, 0.2) is 6.20 Å². The molecule has 1 aromatic heterocycles. The summed E-state index contributed by atoms with van der Waals surface area (Å²) in [5.74, 6) is 0.907. The lowest BCUT2D eigenvalue weighted by Gasteiger charge is -2.20. The van der Waals surface area contributed by atoms with Gasteiger partial charge in [0.1, 0.15) is 0 Å². The quantitative estimate of drug-likeness (QED) is 0.867. The number of nitrogens with one attached hydrogen (secondary N) is 1. The summed E-state index contributed by atoms with van der Waals surface area (Å²) in [4.78, 5) is 11.5. The fraction of sp³-hybridized carbons (Fsp3) is 0.692. The first-order valence-electron chi connectivity index (χ1n) is 6.53. The normalized spacial score (nSPS) is 16.9. The summed E-state index contributed by atoms with van der Waals surface area (Å²) >= 11 is 0. The molecule has 0 unspecified atom stereocenters. The van der Waals surface area contributed by atoms with E-state index in [-0.39, 0.29) is 0 Å². The first-order valence-corrected chi connectivity index (χ1v) is 6.53. The van der Waals surface area contributed by atoms with Crippen molar-refractivity contribution >= 4 is 5.95 Å². The van der Waals surface area contributed by atoms with Gasteiger partial charge in [0.15, 0.2) is 0 Å². The molecule has 0 bridgehead atoms. The maximum absolute atomic E-state index is 4.63. The van der Waals surface area contributed by atoms with E-state index in [4.69, 9.17) is 0 Å². The third-order valence-corrected chi connectivity index (χ3v) is 3.32. The van der Waals surface area contributed by atoms with Crippen LogP contribution in [0.5, 0.6) is 0 Å². The summed E-state index contributed by atoms with van der Waals surface area (Å²) in [6, 6.07) is 0. The number of nitrogens with zero attached hydrogens (tertiary/aromatic N) is 3. The maximum atomic E-state index is 4.63. The van der Waals surface area contributed by atoms with Crippen molar-refractivity contribution in [2.45, 2.75) is 39.2 Å². The van der Waals surface area contributed by atoms with Gasteiger partial charge in [-0.15, -0.1) is 0 Å². The highest BCUT2D eigenvalue weighted by molar-refractivity contribution is 5.33. The number of hydrogen-bond acceptors (Lipinski definition) is 4. The zero-order valence-electron chi connectivity index (χ0n) is 10.9. The molecule has 1 aliphatic rings. The second-order valence-electron chi connectivity index (χ2n) is 4.71. The highest BCUT2D eigenvalue weighted by atomic mass is 15.2. The van der Waals surface area contributed by atoms with Crippen LogP contribution in [0, 0.1) is 6.92 Å². The maximum Gasteiger partial charge on any atom is 0.225 e. The molecule has 17 heavy (non-hydrogen) atoms. The number of aromatic nitrogens is 2. The van der Waals surface area contributed by atoms with E-state index in [0.29, 0.717) is 0 Å². The van der Waals surface area contributed by atoms with Gasteiger partial charge in [0, 0.05) is 37.1 Å². The molecule has 0 radical (unpaired) electrons. The summed E-state index contributed by atoms with van der Waals surface area (Å²) in [5.41, 5.74) is 2.28. The van der Waals surface area contributed by atoms with Crippen molar-refractivity contribution in [1.82, 2.24) is 15.3 Å². The van der Waals surface area contributed by atoms with Crippen molar-refractivity contribution in [3.8, 4) is 0 Å². The Kier molecular flexibility index (Phi) is 4.31. The van der Waals surface area contributed by atoms with Crippen LogP contribution in [0.4, 0.5) is 5.95 Å². The highest BCUT2D eigenvalue weighted by Crippen LogP contribution is 2.16. The largest absolute Gasteiger partial charge is 0.341 e. The second-order valence-corrected chi connectivity index (χ2v) is 4.71. The second kappa shape index (κ2) is 5.96. The Labute approximate surface area is 103 Å². The zero-order valence-corrected chi connectivity index (χ0v) is 10.9. The Balaban J connectivity index is 2.12. The van der Waals surface area contributed by atoms with Gasteiger partial charge < -0.3 is 10.2 Å². The van der Waals surface area contributed by atoms with Crippen LogP contribution < -0.4 is 10.2 Å². The van der Waals surface area contributed by atoms with E-state index in [1.165, 1.54) is 31.2 Å². The monoisotopic (exact) mass is 234 g/mol. The molecule has 0 aromatic carbocycles. The van der Waals surface area contributed by atoms with Crippen molar-refractivity contribution in [3.05, 3.63) is 17.5 Å². The van der Waals surface area contributed by atoms with E-state index in [9.17, 15) is 0 Å². The number of anilines is 1. The molecule has 1 aromatic rings. The Hall–Kier alpha value is -1.16. The molecule has 0 atom stereocenters. The van der Waals surface area contributed by atoms with Crippen LogP contribution in [0.25, 0.3) is 0 Å². The fourth-order valence-electron chi connectivity index (χ4n) is 2.27. The van der Waals surface area contributed by atoms with Gasteiger partial charge in [-0.1, -0.05) is 12.8 Å². The number of hydrogen-bond donors (Lipinski definition) is 1. The lowest BCUT2D eigenvalue weighted by Crippen LogP contribution is -2.26. The molecule has 1 fully saturated rings. The van der Waals surface area contributed by atoms with Crippen LogP contribution in [0.2, 0.25) is 0 Å². The molecule has 94 valence electrons. The standard InChI is InChI=1S/C13H22N4/c1-11-12(9-14-2)10-15-13(16-11)17-7-5-3-4-6-8-17/h10,14H,3-9H2,1-2H3. The minimum Gasteiger partial charge on any atom is -0.341 e. The Morgan fingerprint density at radius 3 is 2.53 bits per heavy atom. The molecule has 2 rings (SSSR count). The van der Waals surface area contributed by atoms with Crippen LogP contribution >= 0.6 is 0 Å². The van der Waals surface area contributed by atoms with Gasteiger partial charge in [0.2, 0.25) is 5.95 Å². The van der Waals surface area contributed by atoms with Crippen LogP contribution in [-0.2, 0) is 6.54 Å². The van der Waals surface area contributed by atoms with Gasteiger partial charge in [0.05, 0.1) is 0 Å². The molecule has 1 saturated heterocycles. The fourth-order valence-corrected chi connectivity index (χ4v) is 2.27. The van der Waals surface area contributed by atoms with E-state index < -0.39 is 0 Å². The van der Waals surface area contributed by atoms with Gasteiger partial charge in [-0.3, -0.25) is 0 Å². The summed E-state index contributed by atoms with van der Waals surface area (Å²) in [6.07, 6.45) is 7.17. The molecular formula is C13H22N4. The minimum absolute atomic E-state index is 0.839. The molecule has 1 aliphatic heterocycles. The molecule has 2 heterocycles. The van der Waals surface area contributed by atoms with Crippen molar-refractivity contribution in [2.24, 2.45) is 0 Å². The van der Waals surface area contributed by atoms with Crippen molar-refractivity contribution in [3.63, 3.8) is 0 Å². The van der Waals surface area contributed by atoms with Crippen molar-refractivity contribution in [1.29, 1.82) is 0 Å². The van der Waals surface area contributed by atoms with E-state index in [0.717, 1.165) is 31.3 Å². The number of rotatable bonds is 3. The smallest absolute Gasteiger partial charge is 0.225 e. The third-order valence-electron chi connectivity index (χ3n) is 3.32. The predicted molar refractivity (Wildman–Crippen MR) is 70.2 cm³/mol. The molecular weight excluding hydrogens is 212 g/mol. The summed E-state index contributed by atoms with van der Waals surface area (Å²) in [6.45, 7) is 5.11. The lowest BCUT2D eigenvalue weighted by molar-refractivity contribution is 0.726. The molecule has 0 amide bonds. The summed E-state index contributed by atoms with van der Waals surface area (Å²) < 4.78 is 0. The number of aryl methyl sites for hydroxylation is 1. The van der Waals surface area contributed by atoms with Crippen LogP contribution in [-0.4, -0.2) is 30.1 Å². The first-order chi connectivity index (χ1) is 8.31. The first kappa shape index (κ1) is 12.3. The highest BCUT2D eigenvalue weighted by Gasteiger charge is 2.13. The molecule has 1 N–H and O–H groups in total. The molecule has 0 spiro atoms. The molecule has 0 saturated carbocycles. The molecule has 4 heteroatoms. The minimum atomic E-state index is 0.839. The SMILES string of the molecule is CNCc1cnc(N2CCCCCC2)nc1C. The molecule has 4 nitrogen and oxygen atoms in total. The van der Waals surface area contributed by atoms with E-state index in [1.807, 2.05) is 13.2 Å². The van der Waals surface area contributed by atoms with E-state index in [2.05, 4.69) is 27.1 Å². The van der Waals surface area contributed by atoms with Gasteiger partial charge in [-0.2, -0.15) is 0 Å². The third kappa shape index (κ3) is 3.16. The topological polar surface area (TPSA) is 41.1 Å². The molecule has 0 aliphatic carbocycles. The Bertz CT molecular complexity index is 356. The average Bonchev–Trinajstić information content (AvgIpc) is 2.60. The van der Waals surface area contributed by atoms with Gasteiger partial charge >= 0.3 is 0 Å². The Morgan fingerprint density at radius 2 is 1.94 bits per heavy atom. The van der Waals surface area contributed by atoms with Gasteiger partial charge in [-0.05, 0) is 26.8 Å². The van der Waals surface area contributed by atoms with E-state index in [1.54, 1.807) is 0 Å². The Morgan fingerprint density at radius 1 is 1.24 bits per heavy atom. The summed E-state index contributed by atoms with van der Waals surface area (Å²) in [5, 5.41) is 3.14. The van der Waals surface area contributed by atoms with Crippen LogP contribution in [0.1, 0.15) is 36.9 Å². The lowest BCUT2D eigenvalue weighted by atomic mass is 10.2. The van der Waals surface area contributed by atoms with Gasteiger partial charge in [0.25, 0.3) is 0 Å². The van der Waals surface area contributed by atoms with Crippen LogP contribution in [0.3, 0.4) is 0 Å². The van der Waals surface area contributed by atoms with E-state index >= 15 is 0 Å². The summed E-state index contributed by atoms with van der Waals surface area (Å²) in [7, 11) is 1.95. The predicted octanol–water partition coefficient (Wildman–Crippen LogP) is 1.88. The van der Waals surface area contributed by atoms with Crippen molar-refractivity contribution < 1.29 is 0 Å². The van der Waals surface area contributed by atoms with Crippen molar-refractivity contribution in [2.75, 3.05) is 25.0 Å².